The third kappa shape index (κ3) is 1.53. The zero-order valence-corrected chi connectivity index (χ0v) is 9.06. The van der Waals surface area contributed by atoms with Crippen LogP contribution < -0.4 is 0 Å². The quantitative estimate of drug-likeness (QED) is 0.847. The molecule has 1 N–H and O–H groups in total. The van der Waals surface area contributed by atoms with Crippen LogP contribution in [0.4, 0.5) is 0 Å². The molecule has 1 aliphatic carbocycles. The van der Waals surface area contributed by atoms with E-state index in [1.165, 1.54) is 25.5 Å². The van der Waals surface area contributed by atoms with E-state index in [-0.39, 0.29) is 5.76 Å². The zero-order valence-electron chi connectivity index (χ0n) is 9.06. The van der Waals surface area contributed by atoms with Gasteiger partial charge in [-0.05, 0) is 31.2 Å². The van der Waals surface area contributed by atoms with Crippen LogP contribution in [0.15, 0.2) is 16.7 Å². The largest absolute Gasteiger partial charge is 0.475 e. The predicted molar refractivity (Wildman–Crippen MR) is 57.2 cm³/mol. The van der Waals surface area contributed by atoms with Crippen LogP contribution in [-0.2, 0) is 6.54 Å². The Bertz CT molecular complexity index is 412. The van der Waals surface area contributed by atoms with Gasteiger partial charge in [0.15, 0.2) is 0 Å². The monoisotopic (exact) mass is 221 g/mol. The van der Waals surface area contributed by atoms with Gasteiger partial charge in [0.05, 0.1) is 6.26 Å². The van der Waals surface area contributed by atoms with Crippen molar-refractivity contribution in [2.24, 2.45) is 5.92 Å². The molecule has 1 saturated carbocycles. The molecule has 1 aromatic rings. The number of aromatic carboxylic acids is 1. The Labute approximate surface area is 93.8 Å². The molecule has 0 amide bonds. The van der Waals surface area contributed by atoms with Crippen LogP contribution in [0.25, 0.3) is 0 Å². The van der Waals surface area contributed by atoms with Crippen molar-refractivity contribution >= 4 is 5.97 Å². The smallest absolute Gasteiger partial charge is 0.372 e. The second-order valence-corrected chi connectivity index (χ2v) is 4.84. The van der Waals surface area contributed by atoms with Crippen LogP contribution >= 0.6 is 0 Å². The summed E-state index contributed by atoms with van der Waals surface area (Å²) < 4.78 is 4.99. The summed E-state index contributed by atoms with van der Waals surface area (Å²) in [5, 5.41) is 8.95. The van der Waals surface area contributed by atoms with Gasteiger partial charge >= 0.3 is 5.97 Å². The van der Waals surface area contributed by atoms with Gasteiger partial charge in [0.1, 0.15) is 0 Å². The van der Waals surface area contributed by atoms with Gasteiger partial charge in [0, 0.05) is 24.7 Å². The molecule has 0 radical (unpaired) electrons. The molecule has 1 saturated heterocycles. The lowest BCUT2D eigenvalue weighted by Gasteiger charge is -2.26. The van der Waals surface area contributed by atoms with Gasteiger partial charge in [-0.25, -0.2) is 4.79 Å². The average Bonchev–Trinajstić information content (AvgIpc) is 2.91. The Kier molecular flexibility index (Phi) is 2.24. The molecule has 86 valence electrons. The summed E-state index contributed by atoms with van der Waals surface area (Å²) in [7, 11) is 0. The van der Waals surface area contributed by atoms with Crippen molar-refractivity contribution in [3.8, 4) is 0 Å². The molecule has 1 aromatic heterocycles. The maximum absolute atomic E-state index is 10.9. The van der Waals surface area contributed by atoms with Crippen LogP contribution in [0.1, 0.15) is 35.4 Å². The van der Waals surface area contributed by atoms with Gasteiger partial charge < -0.3 is 9.52 Å². The fourth-order valence-electron chi connectivity index (χ4n) is 3.09. The SMILES string of the molecule is O=C(O)c1occc1CN1CC2CCC1C2. The van der Waals surface area contributed by atoms with Crippen molar-refractivity contribution in [2.75, 3.05) is 6.54 Å². The number of carboxylic acid groups (broad SMARTS) is 1. The highest BCUT2D eigenvalue weighted by Gasteiger charge is 2.38. The zero-order chi connectivity index (χ0) is 11.1. The summed E-state index contributed by atoms with van der Waals surface area (Å²) in [6, 6.07) is 2.44. The highest BCUT2D eigenvalue weighted by Crippen LogP contribution is 2.38. The number of likely N-dealkylation sites (tertiary alicyclic amines) is 1. The van der Waals surface area contributed by atoms with Crippen LogP contribution in [0, 0.1) is 5.92 Å². The maximum Gasteiger partial charge on any atom is 0.372 e. The molecule has 4 nitrogen and oxygen atoms in total. The topological polar surface area (TPSA) is 53.7 Å². The normalized spacial score (nSPS) is 28.8. The van der Waals surface area contributed by atoms with Crippen LogP contribution in [0.3, 0.4) is 0 Å². The van der Waals surface area contributed by atoms with Gasteiger partial charge in [0.25, 0.3) is 0 Å². The highest BCUT2D eigenvalue weighted by molar-refractivity contribution is 5.86. The number of fused-ring (bicyclic) bond motifs is 2. The third-order valence-electron chi connectivity index (χ3n) is 3.84. The molecule has 0 aromatic carbocycles. The van der Waals surface area contributed by atoms with Gasteiger partial charge in [-0.2, -0.15) is 0 Å². The first kappa shape index (κ1) is 9.90. The molecule has 2 aliphatic rings. The van der Waals surface area contributed by atoms with Gasteiger partial charge in [-0.15, -0.1) is 0 Å². The van der Waals surface area contributed by atoms with Crippen molar-refractivity contribution < 1.29 is 14.3 Å². The minimum atomic E-state index is -0.968. The molecular weight excluding hydrogens is 206 g/mol. The van der Waals surface area contributed by atoms with Crippen molar-refractivity contribution in [1.82, 2.24) is 4.90 Å². The molecule has 2 fully saturated rings. The van der Waals surface area contributed by atoms with E-state index in [0.717, 1.165) is 24.6 Å². The number of carboxylic acids is 1. The van der Waals surface area contributed by atoms with Gasteiger partial charge in [-0.1, -0.05) is 0 Å². The van der Waals surface area contributed by atoms with Crippen molar-refractivity contribution in [3.05, 3.63) is 23.7 Å². The molecule has 4 heteroatoms. The number of carbonyl (C=O) groups is 1. The predicted octanol–water partition coefficient (Wildman–Crippen LogP) is 1.96. The van der Waals surface area contributed by atoms with Crippen molar-refractivity contribution in [1.29, 1.82) is 0 Å². The van der Waals surface area contributed by atoms with Crippen molar-refractivity contribution in [2.45, 2.75) is 31.8 Å². The van der Waals surface area contributed by atoms with E-state index < -0.39 is 5.97 Å². The van der Waals surface area contributed by atoms with Crippen LogP contribution in [-0.4, -0.2) is 28.6 Å². The lowest BCUT2D eigenvalue weighted by atomic mass is 10.1. The number of furan rings is 1. The molecule has 2 heterocycles. The molecule has 2 bridgehead atoms. The second-order valence-electron chi connectivity index (χ2n) is 4.84. The highest BCUT2D eigenvalue weighted by atomic mass is 16.4. The number of nitrogens with zero attached hydrogens (tertiary/aromatic N) is 1. The number of rotatable bonds is 3. The van der Waals surface area contributed by atoms with Gasteiger partial charge in [-0.3, -0.25) is 4.90 Å². The lowest BCUT2D eigenvalue weighted by Crippen LogP contribution is -2.31. The molecule has 2 atom stereocenters. The summed E-state index contributed by atoms with van der Waals surface area (Å²) in [6.45, 7) is 1.84. The Morgan fingerprint density at radius 2 is 2.44 bits per heavy atom. The summed E-state index contributed by atoms with van der Waals surface area (Å²) in [4.78, 5) is 13.3. The van der Waals surface area contributed by atoms with E-state index in [1.807, 2.05) is 0 Å². The number of hydrogen-bond donors (Lipinski definition) is 1. The third-order valence-corrected chi connectivity index (χ3v) is 3.84. The Balaban J connectivity index is 1.74. The summed E-state index contributed by atoms with van der Waals surface area (Å²) in [5.74, 6) is -0.0303. The first-order valence-electron chi connectivity index (χ1n) is 5.78. The average molecular weight is 221 g/mol. The van der Waals surface area contributed by atoms with Crippen LogP contribution in [0.2, 0.25) is 0 Å². The van der Waals surface area contributed by atoms with E-state index in [2.05, 4.69) is 4.90 Å². The Hall–Kier alpha value is -1.29. The standard InChI is InChI=1S/C12H15NO3/c14-12(15)11-9(3-4-16-11)7-13-6-8-1-2-10(13)5-8/h3-4,8,10H,1-2,5-7H2,(H,14,15). The minimum absolute atomic E-state index is 0.0998. The summed E-state index contributed by atoms with van der Waals surface area (Å²) in [5.41, 5.74) is 0.806. The van der Waals surface area contributed by atoms with E-state index in [9.17, 15) is 4.79 Å². The molecule has 16 heavy (non-hydrogen) atoms. The van der Waals surface area contributed by atoms with E-state index >= 15 is 0 Å². The Morgan fingerprint density at radius 1 is 1.56 bits per heavy atom. The van der Waals surface area contributed by atoms with E-state index in [1.54, 1.807) is 6.07 Å². The fourth-order valence-corrected chi connectivity index (χ4v) is 3.09. The molecule has 1 aliphatic heterocycles. The van der Waals surface area contributed by atoms with Crippen molar-refractivity contribution in [3.63, 3.8) is 0 Å². The first-order chi connectivity index (χ1) is 7.74. The minimum Gasteiger partial charge on any atom is -0.475 e. The first-order valence-corrected chi connectivity index (χ1v) is 5.78. The maximum atomic E-state index is 10.9. The molecule has 0 spiro atoms. The van der Waals surface area contributed by atoms with Crippen LogP contribution in [0.5, 0.6) is 0 Å². The van der Waals surface area contributed by atoms with E-state index in [0.29, 0.717) is 6.04 Å². The number of piperidine rings is 1. The second kappa shape index (κ2) is 3.63. The molecule has 2 unspecified atom stereocenters. The summed E-state index contributed by atoms with van der Waals surface area (Å²) >= 11 is 0. The summed E-state index contributed by atoms with van der Waals surface area (Å²) in [6.07, 6.45) is 5.37. The Morgan fingerprint density at radius 3 is 3.06 bits per heavy atom. The number of hydrogen-bond acceptors (Lipinski definition) is 3. The molecular formula is C12H15NO3. The van der Waals surface area contributed by atoms with Gasteiger partial charge in [0.2, 0.25) is 5.76 Å². The van der Waals surface area contributed by atoms with E-state index in [4.69, 9.17) is 9.52 Å². The fraction of sp³-hybridized carbons (Fsp3) is 0.583. The molecule has 3 rings (SSSR count). The lowest BCUT2D eigenvalue weighted by molar-refractivity contribution is 0.0658.